The minimum Gasteiger partial charge on any atom is -0.497 e. The molecule has 1 aliphatic rings. The Morgan fingerprint density at radius 3 is 2.85 bits per heavy atom. The van der Waals surface area contributed by atoms with Crippen molar-refractivity contribution in [2.75, 3.05) is 39.2 Å². The summed E-state index contributed by atoms with van der Waals surface area (Å²) < 4.78 is 18.8. The van der Waals surface area contributed by atoms with E-state index in [0.717, 1.165) is 23.3 Å². The fourth-order valence-electron chi connectivity index (χ4n) is 3.29. The second-order valence-corrected chi connectivity index (χ2v) is 6.62. The third-order valence-corrected chi connectivity index (χ3v) is 4.74. The first-order valence-electron chi connectivity index (χ1n) is 8.63. The monoisotopic (exact) mass is 357 g/mol. The highest BCUT2D eigenvalue weighted by Gasteiger charge is 2.26. The maximum atomic E-state index is 13.5. The first kappa shape index (κ1) is 18.2. The predicted molar refractivity (Wildman–Crippen MR) is 100 cm³/mol. The lowest BCUT2D eigenvalue weighted by Gasteiger charge is -2.27. The Kier molecular flexibility index (Phi) is 5.42. The average Bonchev–Trinajstić information content (AvgIpc) is 3.04. The summed E-state index contributed by atoms with van der Waals surface area (Å²) in [5.41, 5.74) is 2.71. The summed E-state index contributed by atoms with van der Waals surface area (Å²) in [6.07, 6.45) is 0.746. The van der Waals surface area contributed by atoms with Crippen LogP contribution in [0.25, 0.3) is 0 Å². The molecule has 138 valence electrons. The number of ether oxygens (including phenoxy) is 1. The van der Waals surface area contributed by atoms with E-state index in [2.05, 4.69) is 5.32 Å². The Hall–Kier alpha value is -2.60. The summed E-state index contributed by atoms with van der Waals surface area (Å²) in [6.45, 7) is 1.01. The number of hydrogen-bond donors (Lipinski definition) is 1. The molecule has 5 nitrogen and oxygen atoms in total. The van der Waals surface area contributed by atoms with Gasteiger partial charge in [-0.2, -0.15) is 0 Å². The number of nitrogens with one attached hydrogen (secondary N) is 1. The van der Waals surface area contributed by atoms with Crippen molar-refractivity contribution in [2.45, 2.75) is 12.5 Å². The molecule has 2 aromatic rings. The van der Waals surface area contributed by atoms with E-state index in [9.17, 15) is 9.18 Å². The quantitative estimate of drug-likeness (QED) is 0.894. The van der Waals surface area contributed by atoms with Gasteiger partial charge in [-0.15, -0.1) is 0 Å². The molecular weight excluding hydrogens is 333 g/mol. The number of hydrogen-bond acceptors (Lipinski definition) is 3. The molecule has 6 heteroatoms. The first-order chi connectivity index (χ1) is 12.5. The Labute approximate surface area is 153 Å². The predicted octanol–water partition coefficient (Wildman–Crippen LogP) is 3.21. The number of anilines is 1. The van der Waals surface area contributed by atoms with Crippen LogP contribution in [-0.4, -0.2) is 45.2 Å². The van der Waals surface area contributed by atoms with Gasteiger partial charge >= 0.3 is 6.03 Å². The number of carbonyl (C=O) groups excluding carboxylic acids is 1. The number of methoxy groups -OCH3 is 1. The van der Waals surface area contributed by atoms with Gasteiger partial charge in [0, 0.05) is 13.1 Å². The number of nitrogens with zero attached hydrogens (tertiary/aromatic N) is 2. The van der Waals surface area contributed by atoms with Gasteiger partial charge in [0.15, 0.2) is 0 Å². The van der Waals surface area contributed by atoms with Crippen molar-refractivity contribution in [1.29, 1.82) is 0 Å². The van der Waals surface area contributed by atoms with Gasteiger partial charge in [-0.1, -0.05) is 18.2 Å². The van der Waals surface area contributed by atoms with Crippen molar-refractivity contribution < 1.29 is 13.9 Å². The largest absolute Gasteiger partial charge is 0.497 e. The van der Waals surface area contributed by atoms with Crippen LogP contribution in [0.2, 0.25) is 0 Å². The number of likely N-dealkylation sites (N-methyl/N-ethyl adjacent to an activating group) is 1. The Balaban J connectivity index is 1.70. The standard InChI is InChI=1S/C20H24FN3O2/c1-23(2)19(15-5-4-6-17(11-15)26-3)13-22-20(25)24-10-9-14-7-8-16(21)12-18(14)24/h4-8,11-12,19H,9-10,13H2,1-3H3,(H,22,25)/t19-/m0/s1. The van der Waals surface area contributed by atoms with E-state index >= 15 is 0 Å². The lowest BCUT2D eigenvalue weighted by atomic mass is 10.1. The normalized spacial score (nSPS) is 14.3. The van der Waals surface area contributed by atoms with E-state index in [0.29, 0.717) is 18.8 Å². The third-order valence-electron chi connectivity index (χ3n) is 4.74. The summed E-state index contributed by atoms with van der Waals surface area (Å²) in [4.78, 5) is 16.3. The zero-order chi connectivity index (χ0) is 18.7. The molecule has 1 atom stereocenters. The van der Waals surface area contributed by atoms with E-state index in [4.69, 9.17) is 4.74 Å². The molecule has 0 spiro atoms. The molecule has 0 bridgehead atoms. The number of rotatable bonds is 5. The van der Waals surface area contributed by atoms with Crippen LogP contribution in [0.5, 0.6) is 5.75 Å². The topological polar surface area (TPSA) is 44.8 Å². The number of fused-ring (bicyclic) bond motifs is 1. The average molecular weight is 357 g/mol. The highest BCUT2D eigenvalue weighted by Crippen LogP contribution is 2.29. The zero-order valence-electron chi connectivity index (χ0n) is 15.3. The van der Waals surface area contributed by atoms with Crippen molar-refractivity contribution >= 4 is 11.7 Å². The minimum absolute atomic E-state index is 0.00336. The fourth-order valence-corrected chi connectivity index (χ4v) is 3.29. The molecule has 0 aromatic heterocycles. The molecule has 26 heavy (non-hydrogen) atoms. The van der Waals surface area contributed by atoms with E-state index in [1.54, 1.807) is 18.1 Å². The Morgan fingerprint density at radius 1 is 1.31 bits per heavy atom. The lowest BCUT2D eigenvalue weighted by Crippen LogP contribution is -2.42. The van der Waals surface area contributed by atoms with Gasteiger partial charge in [-0.25, -0.2) is 9.18 Å². The van der Waals surface area contributed by atoms with Gasteiger partial charge in [0.25, 0.3) is 0 Å². The van der Waals surface area contributed by atoms with Crippen molar-refractivity contribution in [3.8, 4) is 5.75 Å². The molecule has 1 heterocycles. The summed E-state index contributed by atoms with van der Waals surface area (Å²) in [5, 5.41) is 2.98. The molecule has 1 aliphatic heterocycles. The van der Waals surface area contributed by atoms with Gasteiger partial charge in [0.1, 0.15) is 11.6 Å². The van der Waals surface area contributed by atoms with Gasteiger partial charge in [-0.3, -0.25) is 4.90 Å². The van der Waals surface area contributed by atoms with Gasteiger partial charge in [-0.05, 0) is 55.9 Å². The van der Waals surface area contributed by atoms with Crippen LogP contribution in [0.15, 0.2) is 42.5 Å². The van der Waals surface area contributed by atoms with Crippen LogP contribution >= 0.6 is 0 Å². The van der Waals surface area contributed by atoms with Crippen LogP contribution < -0.4 is 15.0 Å². The highest BCUT2D eigenvalue weighted by molar-refractivity contribution is 5.94. The zero-order valence-corrected chi connectivity index (χ0v) is 15.3. The second kappa shape index (κ2) is 7.74. The fraction of sp³-hybridized carbons (Fsp3) is 0.350. The maximum absolute atomic E-state index is 13.5. The summed E-state index contributed by atoms with van der Waals surface area (Å²) in [6, 6.07) is 12.2. The third kappa shape index (κ3) is 3.80. The SMILES string of the molecule is COc1cccc([C@H](CNC(=O)N2CCc3ccc(F)cc32)N(C)C)c1. The van der Waals surface area contributed by atoms with E-state index < -0.39 is 0 Å². The molecule has 3 rings (SSSR count). The van der Waals surface area contributed by atoms with E-state index in [-0.39, 0.29) is 17.9 Å². The molecule has 0 fully saturated rings. The van der Waals surface area contributed by atoms with Gasteiger partial charge in [0.2, 0.25) is 0 Å². The van der Waals surface area contributed by atoms with Crippen molar-refractivity contribution in [2.24, 2.45) is 0 Å². The molecule has 0 saturated carbocycles. The van der Waals surface area contributed by atoms with E-state index in [1.165, 1.54) is 12.1 Å². The second-order valence-electron chi connectivity index (χ2n) is 6.62. The van der Waals surface area contributed by atoms with Gasteiger partial charge < -0.3 is 15.0 Å². The summed E-state index contributed by atoms with van der Waals surface area (Å²) >= 11 is 0. The van der Waals surface area contributed by atoms with Gasteiger partial charge in [0.05, 0.1) is 18.8 Å². The Bertz CT molecular complexity index is 794. The molecular formula is C20H24FN3O2. The molecule has 0 radical (unpaired) electrons. The summed E-state index contributed by atoms with van der Waals surface area (Å²) in [5.74, 6) is 0.454. The molecule has 2 amide bonds. The lowest BCUT2D eigenvalue weighted by molar-refractivity contribution is 0.238. The van der Waals surface area contributed by atoms with Crippen LogP contribution in [0.1, 0.15) is 17.2 Å². The molecule has 0 aliphatic carbocycles. The van der Waals surface area contributed by atoms with Crippen molar-refractivity contribution in [1.82, 2.24) is 10.2 Å². The Morgan fingerprint density at radius 2 is 2.12 bits per heavy atom. The number of urea groups is 1. The molecule has 0 saturated heterocycles. The van der Waals surface area contributed by atoms with Crippen LogP contribution in [0.4, 0.5) is 14.9 Å². The number of halogens is 1. The molecule has 1 N–H and O–H groups in total. The highest BCUT2D eigenvalue weighted by atomic mass is 19.1. The minimum atomic E-state index is -0.328. The van der Waals surface area contributed by atoms with Crippen LogP contribution in [0.3, 0.4) is 0 Å². The molecule has 2 aromatic carbocycles. The summed E-state index contributed by atoms with van der Waals surface area (Å²) in [7, 11) is 5.57. The smallest absolute Gasteiger partial charge is 0.321 e. The number of amides is 2. The first-order valence-corrected chi connectivity index (χ1v) is 8.63. The van der Waals surface area contributed by atoms with Crippen molar-refractivity contribution in [3.63, 3.8) is 0 Å². The number of carbonyl (C=O) groups is 1. The van der Waals surface area contributed by atoms with E-state index in [1.807, 2.05) is 43.3 Å². The van der Waals surface area contributed by atoms with Crippen LogP contribution in [0, 0.1) is 5.82 Å². The van der Waals surface area contributed by atoms with Crippen molar-refractivity contribution in [3.05, 3.63) is 59.4 Å². The van der Waals surface area contributed by atoms with Crippen LogP contribution in [-0.2, 0) is 6.42 Å². The maximum Gasteiger partial charge on any atom is 0.321 e. The number of benzene rings is 2. The molecule has 0 unspecified atom stereocenters.